The summed E-state index contributed by atoms with van der Waals surface area (Å²) in [6.07, 6.45) is 1.66. The number of ether oxygens (including phenoxy) is 2. The minimum absolute atomic E-state index is 0.0284. The van der Waals surface area contributed by atoms with E-state index in [4.69, 9.17) is 9.47 Å². The van der Waals surface area contributed by atoms with E-state index >= 15 is 0 Å². The van der Waals surface area contributed by atoms with E-state index in [9.17, 15) is 9.59 Å². The first-order chi connectivity index (χ1) is 16.7. The highest BCUT2D eigenvalue weighted by Crippen LogP contribution is 2.38. The average Bonchev–Trinajstić information content (AvgIpc) is 3.35. The van der Waals surface area contributed by atoms with E-state index in [0.29, 0.717) is 36.3 Å². The molecule has 0 unspecified atom stereocenters. The van der Waals surface area contributed by atoms with Crippen LogP contribution in [0.15, 0.2) is 66.9 Å². The number of pyridine rings is 1. The second-order valence-corrected chi connectivity index (χ2v) is 8.14. The van der Waals surface area contributed by atoms with Crippen molar-refractivity contribution >= 4 is 34.5 Å². The highest BCUT2D eigenvalue weighted by Gasteiger charge is 2.41. The number of nitrogens with zero attached hydrogens (tertiary/aromatic N) is 4. The predicted molar refractivity (Wildman–Crippen MR) is 125 cm³/mol. The molecule has 0 spiro atoms. The summed E-state index contributed by atoms with van der Waals surface area (Å²) in [7, 11) is 0. The lowest BCUT2D eigenvalue weighted by Crippen LogP contribution is -2.31. The zero-order chi connectivity index (χ0) is 23.1. The Balaban J connectivity index is 1.28. The van der Waals surface area contributed by atoms with E-state index in [1.54, 1.807) is 29.3 Å². The van der Waals surface area contributed by atoms with Crippen molar-refractivity contribution in [2.24, 2.45) is 0 Å². The molecule has 1 atom stereocenters. The Hall–Kier alpha value is -4.40. The highest BCUT2D eigenvalue weighted by atomic mass is 16.6. The third-order valence-corrected chi connectivity index (χ3v) is 5.93. The van der Waals surface area contributed by atoms with Gasteiger partial charge in [-0.05, 0) is 36.4 Å². The molecule has 170 valence electrons. The molecule has 0 saturated carbocycles. The first kappa shape index (κ1) is 20.2. The summed E-state index contributed by atoms with van der Waals surface area (Å²) < 4.78 is 13.0. The van der Waals surface area contributed by atoms with Gasteiger partial charge < -0.3 is 14.8 Å². The number of imidazole rings is 1. The molecule has 4 heterocycles. The summed E-state index contributed by atoms with van der Waals surface area (Å²) in [5.74, 6) is 1.30. The minimum Gasteiger partial charge on any atom is -0.486 e. The Kier molecular flexibility index (Phi) is 4.87. The van der Waals surface area contributed by atoms with Crippen LogP contribution in [0.3, 0.4) is 0 Å². The van der Waals surface area contributed by atoms with Crippen LogP contribution in [-0.2, 0) is 16.1 Å². The Morgan fingerprint density at radius 2 is 1.85 bits per heavy atom. The fourth-order valence-corrected chi connectivity index (χ4v) is 4.41. The van der Waals surface area contributed by atoms with E-state index in [0.717, 1.165) is 16.7 Å². The number of carbonyl (C=O) groups excluding carboxylic acids is 2. The normalized spacial score (nSPS) is 16.5. The number of aromatic nitrogens is 3. The third kappa shape index (κ3) is 3.51. The monoisotopic (exact) mass is 455 g/mol. The summed E-state index contributed by atoms with van der Waals surface area (Å²) >= 11 is 0. The van der Waals surface area contributed by atoms with Crippen LogP contribution in [0, 0.1) is 0 Å². The van der Waals surface area contributed by atoms with Crippen molar-refractivity contribution < 1.29 is 19.1 Å². The van der Waals surface area contributed by atoms with Crippen molar-refractivity contribution in [1.82, 2.24) is 14.5 Å². The number of hydrogen-bond donors (Lipinski definition) is 1. The molecule has 6 rings (SSSR count). The molecule has 9 heteroatoms. The minimum atomic E-state index is -0.705. The first-order valence-electron chi connectivity index (χ1n) is 11.0. The van der Waals surface area contributed by atoms with Crippen molar-refractivity contribution in [2.75, 3.05) is 23.4 Å². The Morgan fingerprint density at radius 3 is 2.71 bits per heavy atom. The molecule has 2 aromatic carbocycles. The largest absolute Gasteiger partial charge is 0.486 e. The molecule has 2 aliphatic heterocycles. The number of anilines is 2. The molecule has 34 heavy (non-hydrogen) atoms. The number of para-hydroxylation sites is 2. The molecule has 0 bridgehead atoms. The molecule has 2 aliphatic rings. The molecule has 4 aromatic rings. The van der Waals surface area contributed by atoms with Gasteiger partial charge in [0.25, 0.3) is 5.91 Å². The van der Waals surface area contributed by atoms with Gasteiger partial charge in [-0.3, -0.25) is 24.0 Å². The fraction of sp³-hybridized carbons (Fsp3) is 0.200. The summed E-state index contributed by atoms with van der Waals surface area (Å²) in [4.78, 5) is 37.1. The molecular formula is C25H21N5O4. The molecule has 9 nitrogen and oxygen atoms in total. The van der Waals surface area contributed by atoms with E-state index in [1.165, 1.54) is 0 Å². The molecule has 0 saturated heterocycles. The second kappa shape index (κ2) is 8.18. The Labute approximate surface area is 194 Å². The lowest BCUT2D eigenvalue weighted by Gasteiger charge is -2.19. The SMILES string of the molecule is O=C(C[C@@H]1C(=O)N(Cc2ccccn2)c2nc3ccccc3n21)Nc1ccc2c(c1)OCCO2. The van der Waals surface area contributed by atoms with Crippen LogP contribution < -0.4 is 19.7 Å². The number of nitrogens with one attached hydrogen (secondary N) is 1. The van der Waals surface area contributed by atoms with Gasteiger partial charge in [0.1, 0.15) is 19.3 Å². The smallest absolute Gasteiger partial charge is 0.253 e. The zero-order valence-corrected chi connectivity index (χ0v) is 18.2. The second-order valence-electron chi connectivity index (χ2n) is 8.14. The van der Waals surface area contributed by atoms with E-state index in [-0.39, 0.29) is 24.8 Å². The molecule has 2 aromatic heterocycles. The van der Waals surface area contributed by atoms with Gasteiger partial charge in [-0.1, -0.05) is 18.2 Å². The Morgan fingerprint density at radius 1 is 1.03 bits per heavy atom. The van der Waals surface area contributed by atoms with Gasteiger partial charge in [-0.2, -0.15) is 0 Å². The number of rotatable bonds is 5. The lowest BCUT2D eigenvalue weighted by atomic mass is 10.1. The molecule has 0 radical (unpaired) electrons. The molecule has 1 N–H and O–H groups in total. The van der Waals surface area contributed by atoms with Gasteiger partial charge in [0, 0.05) is 18.0 Å². The van der Waals surface area contributed by atoms with Crippen molar-refractivity contribution in [3.63, 3.8) is 0 Å². The maximum Gasteiger partial charge on any atom is 0.253 e. The average molecular weight is 455 g/mol. The van der Waals surface area contributed by atoms with Crippen molar-refractivity contribution in [3.05, 3.63) is 72.6 Å². The van der Waals surface area contributed by atoms with Gasteiger partial charge in [-0.15, -0.1) is 0 Å². The third-order valence-electron chi connectivity index (χ3n) is 5.93. The van der Waals surface area contributed by atoms with Crippen molar-refractivity contribution in [3.8, 4) is 11.5 Å². The predicted octanol–water partition coefficient (Wildman–Crippen LogP) is 3.32. The number of benzene rings is 2. The van der Waals surface area contributed by atoms with Gasteiger partial charge in [0.05, 0.1) is 29.7 Å². The van der Waals surface area contributed by atoms with E-state index in [2.05, 4.69) is 15.3 Å². The number of hydrogen-bond acceptors (Lipinski definition) is 6. The summed E-state index contributed by atoms with van der Waals surface area (Å²) in [6, 6.07) is 17.7. The molecule has 2 amide bonds. The van der Waals surface area contributed by atoms with Crippen molar-refractivity contribution in [1.29, 1.82) is 0 Å². The van der Waals surface area contributed by atoms with Crippen LogP contribution in [0.4, 0.5) is 11.6 Å². The van der Waals surface area contributed by atoms with Gasteiger partial charge in [0.2, 0.25) is 11.9 Å². The van der Waals surface area contributed by atoms with Gasteiger partial charge in [-0.25, -0.2) is 4.98 Å². The lowest BCUT2D eigenvalue weighted by molar-refractivity contribution is -0.124. The maximum absolute atomic E-state index is 13.5. The highest BCUT2D eigenvalue weighted by molar-refractivity contribution is 6.05. The van der Waals surface area contributed by atoms with Gasteiger partial charge >= 0.3 is 0 Å². The summed E-state index contributed by atoms with van der Waals surface area (Å²) in [5.41, 5.74) is 2.91. The number of amides is 2. The first-order valence-corrected chi connectivity index (χ1v) is 11.0. The summed E-state index contributed by atoms with van der Waals surface area (Å²) in [5, 5.41) is 2.88. The van der Waals surface area contributed by atoms with Crippen LogP contribution in [0.2, 0.25) is 0 Å². The van der Waals surface area contributed by atoms with Crippen LogP contribution in [0.25, 0.3) is 11.0 Å². The quantitative estimate of drug-likeness (QED) is 0.496. The standard InChI is InChI=1S/C25H21N5O4/c31-23(27-16-8-9-21-22(13-16)34-12-11-33-21)14-20-24(32)29(15-17-5-3-4-10-26-17)25-28-18-6-1-2-7-19(18)30(20)25/h1-10,13,20H,11-12,14-15H2,(H,27,31)/t20-/m1/s1. The number of carbonyl (C=O) groups is 2. The summed E-state index contributed by atoms with van der Waals surface area (Å²) in [6.45, 7) is 1.24. The Bertz CT molecular complexity index is 1400. The topological polar surface area (TPSA) is 98.6 Å². The van der Waals surface area contributed by atoms with Crippen molar-refractivity contribution in [2.45, 2.75) is 19.0 Å². The van der Waals surface area contributed by atoms with E-state index in [1.807, 2.05) is 47.0 Å². The van der Waals surface area contributed by atoms with Crippen LogP contribution in [0.1, 0.15) is 18.2 Å². The molecular weight excluding hydrogens is 434 g/mol. The van der Waals surface area contributed by atoms with Crippen LogP contribution >= 0.6 is 0 Å². The number of fused-ring (bicyclic) bond motifs is 4. The zero-order valence-electron chi connectivity index (χ0n) is 18.2. The van der Waals surface area contributed by atoms with Crippen LogP contribution in [0.5, 0.6) is 11.5 Å². The molecule has 0 aliphatic carbocycles. The molecule has 0 fully saturated rings. The fourth-order valence-electron chi connectivity index (χ4n) is 4.41. The van der Waals surface area contributed by atoms with E-state index < -0.39 is 6.04 Å². The maximum atomic E-state index is 13.5. The van der Waals surface area contributed by atoms with Crippen LogP contribution in [-0.4, -0.2) is 39.6 Å². The van der Waals surface area contributed by atoms with Gasteiger partial charge in [0.15, 0.2) is 11.5 Å².